The Labute approximate surface area is 249 Å². The molecule has 0 bridgehead atoms. The fourth-order valence-electron chi connectivity index (χ4n) is 5.25. The number of imide groups is 1. The molecule has 2 aromatic carbocycles. The van der Waals surface area contributed by atoms with E-state index in [2.05, 4.69) is 20.9 Å². The number of benzene rings is 2. The molecule has 41 heavy (non-hydrogen) atoms. The summed E-state index contributed by atoms with van der Waals surface area (Å²) in [6.07, 6.45) is 1.39. The van der Waals surface area contributed by atoms with Crippen molar-refractivity contribution in [3.8, 4) is 5.88 Å². The van der Waals surface area contributed by atoms with Crippen molar-refractivity contribution < 1.29 is 27.8 Å². The van der Waals surface area contributed by atoms with Gasteiger partial charge in [0.2, 0.25) is 5.88 Å². The molecule has 0 radical (unpaired) electrons. The SMILES string of the molecule is COc1ncc(Br)c2c1C[C@]1(c3ccc(F)cc3F)N=C(N(C(=O)OC(C)(C)C)C(=O)c3ccccc3)SC[C@@H]1C2. The maximum Gasteiger partial charge on any atom is 0.423 e. The van der Waals surface area contributed by atoms with Crippen LogP contribution in [-0.2, 0) is 23.1 Å². The Kier molecular flexibility index (Phi) is 7.95. The molecule has 0 fully saturated rings. The van der Waals surface area contributed by atoms with Crippen molar-refractivity contribution in [3.63, 3.8) is 0 Å². The van der Waals surface area contributed by atoms with Crippen molar-refractivity contribution in [3.05, 3.63) is 93.1 Å². The molecule has 214 valence electrons. The second-order valence-electron chi connectivity index (χ2n) is 10.9. The lowest BCUT2D eigenvalue weighted by atomic mass is 9.67. The van der Waals surface area contributed by atoms with Gasteiger partial charge in [0.05, 0.1) is 12.6 Å². The first-order valence-electron chi connectivity index (χ1n) is 12.9. The molecule has 5 rings (SSSR count). The molecule has 1 aromatic heterocycles. The van der Waals surface area contributed by atoms with Gasteiger partial charge in [0.1, 0.15) is 17.2 Å². The Morgan fingerprint density at radius 3 is 2.51 bits per heavy atom. The normalized spacial score (nSPS) is 19.9. The number of hydrogen-bond donors (Lipinski definition) is 0. The minimum Gasteiger partial charge on any atom is -0.481 e. The number of carbonyl (C=O) groups is 2. The highest BCUT2D eigenvalue weighted by atomic mass is 79.9. The first kappa shape index (κ1) is 29.2. The maximum atomic E-state index is 15.6. The fourth-order valence-corrected chi connectivity index (χ4v) is 7.02. The lowest BCUT2D eigenvalue weighted by Gasteiger charge is -2.46. The van der Waals surface area contributed by atoms with Gasteiger partial charge in [-0.3, -0.25) is 4.79 Å². The number of halogens is 3. The van der Waals surface area contributed by atoms with Crippen molar-refractivity contribution >= 4 is 44.9 Å². The zero-order valence-electron chi connectivity index (χ0n) is 22.9. The van der Waals surface area contributed by atoms with Gasteiger partial charge in [0.15, 0.2) is 5.17 Å². The number of ether oxygens (including phenoxy) is 2. The summed E-state index contributed by atoms with van der Waals surface area (Å²) in [4.78, 5) is 37.7. The summed E-state index contributed by atoms with van der Waals surface area (Å²) in [5.74, 6) is -1.62. The van der Waals surface area contributed by atoms with Crippen LogP contribution in [0.5, 0.6) is 5.88 Å². The van der Waals surface area contributed by atoms with Crippen LogP contribution >= 0.6 is 27.7 Å². The Hall–Kier alpha value is -3.31. The zero-order chi connectivity index (χ0) is 29.5. The lowest BCUT2D eigenvalue weighted by molar-refractivity contribution is 0.0352. The summed E-state index contributed by atoms with van der Waals surface area (Å²) < 4.78 is 41.7. The van der Waals surface area contributed by atoms with Crippen LogP contribution in [0.15, 0.2) is 64.2 Å². The number of methoxy groups -OCH3 is 1. The van der Waals surface area contributed by atoms with Gasteiger partial charge in [0, 0.05) is 51.5 Å². The van der Waals surface area contributed by atoms with Gasteiger partial charge in [-0.05, 0) is 66.9 Å². The molecular formula is C30H28BrF2N3O4S. The van der Waals surface area contributed by atoms with E-state index >= 15 is 4.39 Å². The van der Waals surface area contributed by atoms with Crippen LogP contribution in [-0.4, -0.2) is 45.5 Å². The molecular weight excluding hydrogens is 616 g/mol. The van der Waals surface area contributed by atoms with Crippen LogP contribution in [0.3, 0.4) is 0 Å². The number of nitrogens with zero attached hydrogens (tertiary/aromatic N) is 3. The number of aliphatic imine (C=N–C) groups is 1. The fraction of sp³-hybridized carbons (Fsp3) is 0.333. The van der Waals surface area contributed by atoms with E-state index in [0.717, 1.165) is 26.6 Å². The first-order valence-corrected chi connectivity index (χ1v) is 14.7. The molecule has 1 aliphatic heterocycles. The van der Waals surface area contributed by atoms with E-state index in [1.807, 2.05) is 0 Å². The number of fused-ring (bicyclic) bond motifs is 2. The highest BCUT2D eigenvalue weighted by Crippen LogP contribution is 2.52. The summed E-state index contributed by atoms with van der Waals surface area (Å²) in [6.45, 7) is 5.10. The van der Waals surface area contributed by atoms with Gasteiger partial charge in [-0.25, -0.2) is 23.6 Å². The standard InChI is InChI=1S/C30H28BrF2N3O4S/c1-29(2,3)40-28(38)36(26(37)17-8-6-5-7-9-17)27-35-30(22-11-10-19(32)13-24(22)33)14-21-20(12-18(30)16-41-27)23(31)15-34-25(21)39-4/h5-11,13,15,18H,12,14,16H2,1-4H3/t18-,30-/m0/s1. The van der Waals surface area contributed by atoms with Gasteiger partial charge in [0.25, 0.3) is 5.91 Å². The molecule has 2 aliphatic rings. The van der Waals surface area contributed by atoms with Gasteiger partial charge in [-0.2, -0.15) is 4.90 Å². The average Bonchev–Trinajstić information content (AvgIpc) is 2.92. The van der Waals surface area contributed by atoms with E-state index in [9.17, 15) is 14.0 Å². The van der Waals surface area contributed by atoms with Crippen LogP contribution < -0.4 is 4.74 Å². The first-order chi connectivity index (χ1) is 19.4. The summed E-state index contributed by atoms with van der Waals surface area (Å²) in [6, 6.07) is 11.7. The molecule has 2 amide bonds. The van der Waals surface area contributed by atoms with E-state index in [1.165, 1.54) is 31.0 Å². The van der Waals surface area contributed by atoms with E-state index in [4.69, 9.17) is 14.5 Å². The van der Waals surface area contributed by atoms with Crippen LogP contribution in [0.4, 0.5) is 13.6 Å². The Bertz CT molecular complexity index is 1550. The summed E-state index contributed by atoms with van der Waals surface area (Å²) in [7, 11) is 1.50. The molecule has 3 aromatic rings. The van der Waals surface area contributed by atoms with Crippen LogP contribution in [0.25, 0.3) is 0 Å². The van der Waals surface area contributed by atoms with Gasteiger partial charge in [-0.1, -0.05) is 36.0 Å². The van der Waals surface area contributed by atoms with Crippen molar-refractivity contribution in [1.29, 1.82) is 0 Å². The maximum absolute atomic E-state index is 15.6. The lowest BCUT2D eigenvalue weighted by Crippen LogP contribution is -2.51. The summed E-state index contributed by atoms with van der Waals surface area (Å²) >= 11 is 4.81. The topological polar surface area (TPSA) is 81.1 Å². The largest absolute Gasteiger partial charge is 0.481 e. The third kappa shape index (κ3) is 5.61. The highest BCUT2D eigenvalue weighted by molar-refractivity contribution is 9.10. The Morgan fingerprint density at radius 1 is 1.12 bits per heavy atom. The number of aromatic nitrogens is 1. The van der Waals surface area contributed by atoms with Crippen LogP contribution in [0, 0.1) is 17.6 Å². The third-order valence-corrected chi connectivity index (χ3v) is 8.85. The van der Waals surface area contributed by atoms with Crippen molar-refractivity contribution in [2.24, 2.45) is 10.9 Å². The molecule has 0 saturated heterocycles. The molecule has 1 aliphatic carbocycles. The molecule has 0 saturated carbocycles. The van der Waals surface area contributed by atoms with Crippen LogP contribution in [0.1, 0.15) is 47.8 Å². The number of carbonyl (C=O) groups excluding carboxylic acids is 2. The predicted octanol–water partition coefficient (Wildman–Crippen LogP) is 6.92. The van der Waals surface area contributed by atoms with E-state index in [-0.39, 0.29) is 28.6 Å². The van der Waals surface area contributed by atoms with E-state index in [0.29, 0.717) is 18.1 Å². The third-order valence-electron chi connectivity index (χ3n) is 7.07. The molecule has 7 nitrogen and oxygen atoms in total. The summed E-state index contributed by atoms with van der Waals surface area (Å²) in [5, 5.41) is 0.0680. The number of rotatable bonds is 3. The van der Waals surface area contributed by atoms with Crippen LogP contribution in [0.2, 0.25) is 0 Å². The summed E-state index contributed by atoms with van der Waals surface area (Å²) in [5.41, 5.74) is -0.0953. The number of amides is 2. The average molecular weight is 645 g/mol. The second-order valence-corrected chi connectivity index (χ2v) is 12.7. The second kappa shape index (κ2) is 11.2. The number of amidine groups is 1. The van der Waals surface area contributed by atoms with E-state index < -0.39 is 34.8 Å². The molecule has 11 heteroatoms. The van der Waals surface area contributed by atoms with Crippen molar-refractivity contribution in [2.45, 2.75) is 44.8 Å². The van der Waals surface area contributed by atoms with Gasteiger partial charge in [-0.15, -0.1) is 0 Å². The minimum absolute atomic E-state index is 0.0680. The molecule has 0 N–H and O–H groups in total. The minimum atomic E-state index is -1.29. The molecule has 2 atom stereocenters. The quantitative estimate of drug-likeness (QED) is 0.308. The van der Waals surface area contributed by atoms with Gasteiger partial charge >= 0.3 is 6.09 Å². The predicted molar refractivity (Wildman–Crippen MR) is 156 cm³/mol. The Morgan fingerprint density at radius 2 is 1.85 bits per heavy atom. The smallest absolute Gasteiger partial charge is 0.423 e. The molecule has 0 unspecified atom stereocenters. The van der Waals surface area contributed by atoms with Crippen molar-refractivity contribution in [2.75, 3.05) is 12.9 Å². The van der Waals surface area contributed by atoms with Crippen molar-refractivity contribution in [1.82, 2.24) is 9.88 Å². The van der Waals surface area contributed by atoms with Gasteiger partial charge < -0.3 is 9.47 Å². The van der Waals surface area contributed by atoms with E-state index in [1.54, 1.807) is 57.3 Å². The number of thioether (sulfide) groups is 1. The molecule has 0 spiro atoms. The number of pyridine rings is 1. The zero-order valence-corrected chi connectivity index (χ0v) is 25.3. The highest BCUT2D eigenvalue weighted by Gasteiger charge is 2.51. The Balaban J connectivity index is 1.72. The molecule has 2 heterocycles. The monoisotopic (exact) mass is 643 g/mol. The number of hydrogen-bond acceptors (Lipinski definition) is 7.